The predicted octanol–water partition coefficient (Wildman–Crippen LogP) is 16.1. The lowest BCUT2D eigenvalue weighted by Gasteiger charge is -2.29. The van der Waals surface area contributed by atoms with Crippen LogP contribution in [0.4, 0.5) is 17.1 Å². The molecule has 0 amide bonds. The van der Waals surface area contributed by atoms with Crippen molar-refractivity contribution < 1.29 is 0 Å². The number of rotatable bonds is 6. The van der Waals surface area contributed by atoms with Gasteiger partial charge in [0, 0.05) is 38.9 Å². The molecule has 9 aromatic rings. The Kier molecular flexibility index (Phi) is 8.57. The number of fused-ring (bicyclic) bond motifs is 9. The highest BCUT2D eigenvalue weighted by Crippen LogP contribution is 2.54. The van der Waals surface area contributed by atoms with Crippen molar-refractivity contribution in [2.75, 3.05) is 4.90 Å². The molecule has 62 heavy (non-hydrogen) atoms. The van der Waals surface area contributed by atoms with E-state index in [2.05, 4.69) is 217 Å². The van der Waals surface area contributed by atoms with Gasteiger partial charge in [-0.1, -0.05) is 141 Å². The Balaban J connectivity index is 0.987. The number of nitrogens with zero attached hydrogens (tertiary/aromatic N) is 2. The zero-order valence-corrected chi connectivity index (χ0v) is 35.4. The van der Waals surface area contributed by atoms with Gasteiger partial charge in [0.2, 0.25) is 0 Å². The summed E-state index contributed by atoms with van der Waals surface area (Å²) in [6.45, 7) is 4.80. The summed E-state index contributed by atoms with van der Waals surface area (Å²) in [6, 6.07) is 66.2. The summed E-state index contributed by atoms with van der Waals surface area (Å²) in [5.41, 5.74) is 23.1. The van der Waals surface area contributed by atoms with Gasteiger partial charge in [0.05, 0.1) is 11.0 Å². The van der Waals surface area contributed by atoms with Crippen molar-refractivity contribution >= 4 is 44.4 Å². The van der Waals surface area contributed by atoms with Crippen molar-refractivity contribution in [1.29, 1.82) is 0 Å². The van der Waals surface area contributed by atoms with Gasteiger partial charge in [-0.15, -0.1) is 0 Å². The van der Waals surface area contributed by atoms with Gasteiger partial charge in [-0.25, -0.2) is 0 Å². The third-order valence-corrected chi connectivity index (χ3v) is 13.9. The van der Waals surface area contributed by atoms with Crippen molar-refractivity contribution in [2.24, 2.45) is 0 Å². The fourth-order valence-electron chi connectivity index (χ4n) is 11.0. The van der Waals surface area contributed by atoms with Gasteiger partial charge >= 0.3 is 0 Å². The van der Waals surface area contributed by atoms with Crippen LogP contribution >= 0.6 is 0 Å². The fourth-order valence-corrected chi connectivity index (χ4v) is 11.0. The van der Waals surface area contributed by atoms with Crippen LogP contribution < -0.4 is 4.90 Å². The molecule has 0 unspecified atom stereocenters. The first-order valence-electron chi connectivity index (χ1n) is 22.4. The summed E-state index contributed by atoms with van der Waals surface area (Å²) >= 11 is 0. The molecule has 0 atom stereocenters. The molecule has 12 rings (SSSR count). The first-order chi connectivity index (χ1) is 30.5. The summed E-state index contributed by atoms with van der Waals surface area (Å²) in [6.07, 6.45) is 12.5. The van der Waals surface area contributed by atoms with E-state index in [0.717, 1.165) is 49.2 Å². The van der Waals surface area contributed by atoms with E-state index >= 15 is 0 Å². The van der Waals surface area contributed by atoms with Crippen LogP contribution in [-0.4, -0.2) is 4.57 Å². The highest BCUT2D eigenvalue weighted by Gasteiger charge is 2.38. The average molecular weight is 797 g/mol. The third kappa shape index (κ3) is 5.85. The summed E-state index contributed by atoms with van der Waals surface area (Å²) in [5.74, 6) is 0. The van der Waals surface area contributed by atoms with Crippen LogP contribution in [0.3, 0.4) is 0 Å². The number of benzene rings is 8. The minimum Gasteiger partial charge on any atom is -0.310 e. The highest BCUT2D eigenvalue weighted by atomic mass is 15.1. The second kappa shape index (κ2) is 14.5. The van der Waals surface area contributed by atoms with Crippen molar-refractivity contribution in [3.63, 3.8) is 0 Å². The van der Waals surface area contributed by atoms with Gasteiger partial charge in [0.15, 0.2) is 0 Å². The second-order valence-electron chi connectivity index (χ2n) is 17.9. The highest BCUT2D eigenvalue weighted by molar-refractivity contribution is 6.11. The topological polar surface area (TPSA) is 8.17 Å². The van der Waals surface area contributed by atoms with Crippen LogP contribution in [0.5, 0.6) is 0 Å². The number of hydrogen-bond acceptors (Lipinski definition) is 1. The van der Waals surface area contributed by atoms with E-state index in [1.807, 2.05) is 0 Å². The van der Waals surface area contributed by atoms with Crippen molar-refractivity contribution in [3.05, 3.63) is 222 Å². The van der Waals surface area contributed by atoms with E-state index in [0.29, 0.717) is 0 Å². The molecule has 298 valence electrons. The zero-order valence-electron chi connectivity index (χ0n) is 35.4. The molecule has 3 aliphatic carbocycles. The molecular weight excluding hydrogens is 749 g/mol. The van der Waals surface area contributed by atoms with E-state index in [-0.39, 0.29) is 5.41 Å². The van der Waals surface area contributed by atoms with Gasteiger partial charge in [-0.05, 0) is 166 Å². The molecule has 0 spiro atoms. The van der Waals surface area contributed by atoms with Crippen LogP contribution in [0.15, 0.2) is 194 Å². The van der Waals surface area contributed by atoms with Crippen molar-refractivity contribution in [2.45, 2.75) is 51.4 Å². The molecule has 1 aromatic heterocycles. The fraction of sp³-hybridized carbons (Fsp3) is 0.133. The lowest BCUT2D eigenvalue weighted by Crippen LogP contribution is -2.17. The Labute approximate surface area is 364 Å². The van der Waals surface area contributed by atoms with Crippen LogP contribution in [0.2, 0.25) is 0 Å². The second-order valence-corrected chi connectivity index (χ2v) is 17.9. The molecule has 1 heterocycles. The van der Waals surface area contributed by atoms with Crippen LogP contribution in [-0.2, 0) is 18.3 Å². The largest absolute Gasteiger partial charge is 0.310 e. The number of para-hydroxylation sites is 1. The van der Waals surface area contributed by atoms with Crippen LogP contribution in [0.1, 0.15) is 60.9 Å². The lowest BCUT2D eigenvalue weighted by atomic mass is 9.78. The molecule has 0 N–H and O–H groups in total. The smallest absolute Gasteiger partial charge is 0.0544 e. The standard InChI is InChI=1S/C60H48N2/c1-60(2)56-38-48(35-36-51(56)53-25-14-24-50(59(53)60)43-17-7-4-8-18-43)61(45-29-27-41(28-30-45)40-15-5-3-6-16-40)46-31-33-47(34-32-46)62-57-26-12-11-23-52(57)55-39-54-44(37-58(55)62)21-13-20-42-19-9-10-22-49(42)54/h4-5,7-12,14-19,22-39H,3,6,13,20-21H2,1-2H3. The first kappa shape index (κ1) is 36.7. The predicted molar refractivity (Wildman–Crippen MR) is 262 cm³/mol. The van der Waals surface area contributed by atoms with E-state index in [1.165, 1.54) is 94.3 Å². The van der Waals surface area contributed by atoms with E-state index in [1.54, 1.807) is 0 Å². The Morgan fingerprint density at radius 3 is 2.02 bits per heavy atom. The lowest BCUT2D eigenvalue weighted by molar-refractivity contribution is 0.662. The van der Waals surface area contributed by atoms with Crippen molar-refractivity contribution in [3.8, 4) is 39.1 Å². The van der Waals surface area contributed by atoms with Crippen LogP contribution in [0.25, 0.3) is 66.4 Å². The Hall–Kier alpha value is -7.16. The van der Waals surface area contributed by atoms with Crippen molar-refractivity contribution in [1.82, 2.24) is 4.57 Å². The normalized spacial score (nSPS) is 14.8. The Bertz CT molecular complexity index is 3270. The minimum absolute atomic E-state index is 0.191. The summed E-state index contributed by atoms with van der Waals surface area (Å²) < 4.78 is 2.48. The van der Waals surface area contributed by atoms with Crippen LogP contribution in [0, 0.1) is 0 Å². The number of aryl methyl sites for hydroxylation is 2. The molecule has 2 nitrogen and oxygen atoms in total. The maximum atomic E-state index is 2.49. The van der Waals surface area contributed by atoms with E-state index < -0.39 is 0 Å². The molecule has 2 heteroatoms. The Morgan fingerprint density at radius 2 is 1.19 bits per heavy atom. The molecule has 8 aromatic carbocycles. The number of hydrogen-bond donors (Lipinski definition) is 0. The number of aromatic nitrogens is 1. The SMILES string of the molecule is CC1(C)c2cc(N(c3ccc(C4=CCCC=C4)cc3)c3ccc(-n4c5ccccc5c5cc6c(cc54)CCCc4ccccc4-6)cc3)ccc2-c2cccc(-c3ccccc3)c21. The summed E-state index contributed by atoms with van der Waals surface area (Å²) in [4.78, 5) is 2.44. The average Bonchev–Trinajstić information content (AvgIpc) is 3.68. The van der Waals surface area contributed by atoms with E-state index in [4.69, 9.17) is 0 Å². The van der Waals surface area contributed by atoms with Gasteiger partial charge in [0.1, 0.15) is 0 Å². The molecule has 0 fully saturated rings. The van der Waals surface area contributed by atoms with Gasteiger partial charge in [-0.3, -0.25) is 0 Å². The molecule has 0 aliphatic heterocycles. The summed E-state index contributed by atoms with van der Waals surface area (Å²) in [7, 11) is 0. The van der Waals surface area contributed by atoms with Gasteiger partial charge in [0.25, 0.3) is 0 Å². The molecule has 3 aliphatic rings. The number of allylic oxidation sites excluding steroid dienone is 4. The molecule has 0 bridgehead atoms. The molecule has 0 radical (unpaired) electrons. The molecule has 0 saturated heterocycles. The summed E-state index contributed by atoms with van der Waals surface area (Å²) in [5, 5.41) is 2.60. The maximum Gasteiger partial charge on any atom is 0.0544 e. The molecule has 0 saturated carbocycles. The first-order valence-corrected chi connectivity index (χ1v) is 22.4. The van der Waals surface area contributed by atoms with Gasteiger partial charge in [-0.2, -0.15) is 0 Å². The maximum absolute atomic E-state index is 2.49. The monoisotopic (exact) mass is 796 g/mol. The number of anilines is 3. The Morgan fingerprint density at radius 1 is 0.484 bits per heavy atom. The quantitative estimate of drug-likeness (QED) is 0.163. The van der Waals surface area contributed by atoms with E-state index in [9.17, 15) is 0 Å². The van der Waals surface area contributed by atoms with Gasteiger partial charge < -0.3 is 9.47 Å². The minimum atomic E-state index is -0.191. The zero-order chi connectivity index (χ0) is 41.4. The third-order valence-electron chi connectivity index (χ3n) is 13.9. The molecular formula is C60H48N2.